The molecule has 0 amide bonds. The minimum Gasteiger partial charge on any atom is -0.398 e. The number of hydrogen-bond donors (Lipinski definition) is 1. The molecule has 1 saturated carbocycles. The first-order valence-electron chi connectivity index (χ1n) is 7.89. The minimum atomic E-state index is -3.43. The summed E-state index contributed by atoms with van der Waals surface area (Å²) in [5, 5.41) is 0. The summed E-state index contributed by atoms with van der Waals surface area (Å²) in [7, 11) is -3.43. The number of nitrogen functional groups attached to an aromatic ring is 1. The molecule has 0 radical (unpaired) electrons. The van der Waals surface area contributed by atoms with Gasteiger partial charge in [0.05, 0.1) is 4.90 Å². The van der Waals surface area contributed by atoms with E-state index < -0.39 is 10.0 Å². The molecular formula is C16H24N2O2S. The van der Waals surface area contributed by atoms with Gasteiger partial charge in [-0.05, 0) is 56.2 Å². The molecule has 2 N–H and O–H groups in total. The van der Waals surface area contributed by atoms with E-state index in [-0.39, 0.29) is 6.04 Å². The van der Waals surface area contributed by atoms with Crippen LogP contribution in [0.5, 0.6) is 0 Å². The van der Waals surface area contributed by atoms with Crippen LogP contribution in [-0.4, -0.2) is 25.3 Å². The first-order chi connectivity index (χ1) is 10.0. The zero-order valence-electron chi connectivity index (χ0n) is 12.6. The molecule has 2 fully saturated rings. The van der Waals surface area contributed by atoms with Gasteiger partial charge in [0.25, 0.3) is 0 Å². The molecule has 0 aromatic heterocycles. The van der Waals surface area contributed by atoms with Crippen molar-refractivity contribution >= 4 is 15.7 Å². The Bertz CT molecular complexity index is 625. The smallest absolute Gasteiger partial charge is 0.243 e. The number of benzene rings is 1. The highest BCUT2D eigenvalue weighted by Crippen LogP contribution is 2.38. The Kier molecular flexibility index (Phi) is 3.97. The molecule has 2 atom stereocenters. The van der Waals surface area contributed by atoms with Crippen LogP contribution in [-0.2, 0) is 10.0 Å². The summed E-state index contributed by atoms with van der Waals surface area (Å²) in [4.78, 5) is 0.383. The summed E-state index contributed by atoms with van der Waals surface area (Å²) in [6.45, 7) is 2.45. The zero-order valence-corrected chi connectivity index (χ0v) is 13.4. The zero-order chi connectivity index (χ0) is 15.0. The van der Waals surface area contributed by atoms with Gasteiger partial charge in [0, 0.05) is 18.3 Å². The Morgan fingerprint density at radius 2 is 1.86 bits per heavy atom. The summed E-state index contributed by atoms with van der Waals surface area (Å²) >= 11 is 0. The number of fused-ring (bicyclic) bond motifs is 1. The highest BCUT2D eigenvalue weighted by Gasteiger charge is 2.40. The Balaban J connectivity index is 1.98. The van der Waals surface area contributed by atoms with Crippen molar-refractivity contribution in [3.05, 3.63) is 23.8 Å². The van der Waals surface area contributed by atoms with Gasteiger partial charge in [-0.1, -0.05) is 18.9 Å². The fourth-order valence-corrected chi connectivity index (χ4v) is 5.93. The lowest BCUT2D eigenvalue weighted by Crippen LogP contribution is -2.49. The van der Waals surface area contributed by atoms with Crippen LogP contribution in [0.2, 0.25) is 0 Å². The molecule has 0 bridgehead atoms. The fourth-order valence-electron chi connectivity index (χ4n) is 3.91. The third kappa shape index (κ3) is 2.57. The SMILES string of the molecule is Cc1c(N)cccc1S(=O)(=O)N1CCC[C@H]2CCCC[C@H]21. The lowest BCUT2D eigenvalue weighted by Gasteiger charge is -2.43. The molecule has 1 aromatic rings. The van der Waals surface area contributed by atoms with E-state index in [1.165, 1.54) is 19.3 Å². The predicted molar refractivity (Wildman–Crippen MR) is 84.5 cm³/mol. The average Bonchev–Trinajstić information content (AvgIpc) is 2.49. The van der Waals surface area contributed by atoms with Crippen LogP contribution in [0.25, 0.3) is 0 Å². The van der Waals surface area contributed by atoms with E-state index in [4.69, 9.17) is 5.73 Å². The van der Waals surface area contributed by atoms with Gasteiger partial charge in [-0.25, -0.2) is 8.42 Å². The van der Waals surface area contributed by atoms with E-state index in [1.807, 2.05) is 0 Å². The number of piperidine rings is 1. The molecule has 3 rings (SSSR count). The summed E-state index contributed by atoms with van der Waals surface area (Å²) in [6, 6.07) is 5.37. The van der Waals surface area contributed by atoms with Gasteiger partial charge >= 0.3 is 0 Å². The maximum Gasteiger partial charge on any atom is 0.243 e. The van der Waals surface area contributed by atoms with E-state index in [0.717, 1.165) is 19.3 Å². The van der Waals surface area contributed by atoms with E-state index in [1.54, 1.807) is 29.4 Å². The topological polar surface area (TPSA) is 63.4 Å². The third-order valence-electron chi connectivity index (χ3n) is 5.10. The van der Waals surface area contributed by atoms with Gasteiger partial charge in [-0.15, -0.1) is 0 Å². The normalized spacial score (nSPS) is 27.3. The third-order valence-corrected chi connectivity index (χ3v) is 7.17. The van der Waals surface area contributed by atoms with E-state index >= 15 is 0 Å². The van der Waals surface area contributed by atoms with Crippen molar-refractivity contribution in [1.29, 1.82) is 0 Å². The van der Waals surface area contributed by atoms with Gasteiger partial charge < -0.3 is 5.73 Å². The number of hydrogen-bond acceptors (Lipinski definition) is 3. The second kappa shape index (κ2) is 5.61. The van der Waals surface area contributed by atoms with Gasteiger partial charge in [0.15, 0.2) is 0 Å². The standard InChI is InChI=1S/C16H24N2O2S/c1-12-14(17)8-4-10-16(12)21(19,20)18-11-5-7-13-6-2-3-9-15(13)18/h4,8,10,13,15H,2-3,5-7,9,11,17H2,1H3/t13-,15-/m1/s1. The first-order valence-corrected chi connectivity index (χ1v) is 9.33. The Labute approximate surface area is 127 Å². The van der Waals surface area contributed by atoms with Crippen LogP contribution in [0.15, 0.2) is 23.1 Å². The van der Waals surface area contributed by atoms with Crippen LogP contribution in [0.1, 0.15) is 44.1 Å². The fraction of sp³-hybridized carbons (Fsp3) is 0.625. The molecule has 1 heterocycles. The van der Waals surface area contributed by atoms with Crippen molar-refractivity contribution < 1.29 is 8.42 Å². The van der Waals surface area contributed by atoms with Crippen molar-refractivity contribution in [2.75, 3.05) is 12.3 Å². The highest BCUT2D eigenvalue weighted by atomic mass is 32.2. The Morgan fingerprint density at radius 1 is 1.14 bits per heavy atom. The number of sulfonamides is 1. The molecule has 21 heavy (non-hydrogen) atoms. The maximum atomic E-state index is 13.1. The van der Waals surface area contributed by atoms with Crippen molar-refractivity contribution in [1.82, 2.24) is 4.31 Å². The molecule has 0 spiro atoms. The van der Waals surface area contributed by atoms with Gasteiger partial charge in [-0.3, -0.25) is 0 Å². The second-order valence-electron chi connectivity index (χ2n) is 6.34. The Morgan fingerprint density at radius 3 is 2.67 bits per heavy atom. The molecule has 1 aliphatic carbocycles. The van der Waals surface area contributed by atoms with E-state index in [9.17, 15) is 8.42 Å². The lowest BCUT2D eigenvalue weighted by atomic mass is 9.79. The summed E-state index contributed by atoms with van der Waals surface area (Å²) in [6.07, 6.45) is 6.71. The number of nitrogens with zero attached hydrogens (tertiary/aromatic N) is 1. The van der Waals surface area contributed by atoms with Crippen LogP contribution in [0, 0.1) is 12.8 Å². The van der Waals surface area contributed by atoms with Gasteiger partial charge in [-0.2, -0.15) is 4.31 Å². The first kappa shape index (κ1) is 14.9. The molecule has 5 heteroatoms. The van der Waals surface area contributed by atoms with Crippen molar-refractivity contribution in [2.24, 2.45) is 5.92 Å². The monoisotopic (exact) mass is 308 g/mol. The number of anilines is 1. The minimum absolute atomic E-state index is 0.193. The van der Waals surface area contributed by atoms with E-state index in [2.05, 4.69) is 0 Å². The largest absolute Gasteiger partial charge is 0.398 e. The number of nitrogens with two attached hydrogens (primary N) is 1. The van der Waals surface area contributed by atoms with Gasteiger partial charge in [0.2, 0.25) is 10.0 Å². The summed E-state index contributed by atoms with van der Waals surface area (Å²) in [5.41, 5.74) is 7.12. The number of rotatable bonds is 2. The molecule has 1 saturated heterocycles. The Hall–Kier alpha value is -1.07. The van der Waals surface area contributed by atoms with Crippen molar-refractivity contribution in [2.45, 2.75) is 56.4 Å². The molecule has 116 valence electrons. The molecule has 4 nitrogen and oxygen atoms in total. The van der Waals surface area contributed by atoms with Crippen molar-refractivity contribution in [3.8, 4) is 0 Å². The predicted octanol–water partition coefficient (Wildman–Crippen LogP) is 2.92. The summed E-state index contributed by atoms with van der Waals surface area (Å²) in [5.74, 6) is 0.545. The highest BCUT2D eigenvalue weighted by molar-refractivity contribution is 7.89. The molecule has 1 aromatic carbocycles. The maximum absolute atomic E-state index is 13.1. The van der Waals surface area contributed by atoms with Crippen LogP contribution in [0.3, 0.4) is 0 Å². The molecule has 1 aliphatic heterocycles. The molecule has 2 aliphatic rings. The second-order valence-corrected chi connectivity index (χ2v) is 8.20. The van der Waals surface area contributed by atoms with Crippen LogP contribution < -0.4 is 5.73 Å². The van der Waals surface area contributed by atoms with Crippen LogP contribution in [0.4, 0.5) is 5.69 Å². The lowest BCUT2D eigenvalue weighted by molar-refractivity contribution is 0.129. The summed E-state index contributed by atoms with van der Waals surface area (Å²) < 4.78 is 27.9. The molecule has 0 unspecified atom stereocenters. The average molecular weight is 308 g/mol. The molecular weight excluding hydrogens is 284 g/mol. The van der Waals surface area contributed by atoms with Gasteiger partial charge in [0.1, 0.15) is 0 Å². The quantitative estimate of drug-likeness (QED) is 0.854. The van der Waals surface area contributed by atoms with Crippen molar-refractivity contribution in [3.63, 3.8) is 0 Å². The van der Waals surface area contributed by atoms with Crippen LogP contribution >= 0.6 is 0 Å². The van der Waals surface area contributed by atoms with E-state index in [0.29, 0.717) is 28.6 Å².